The fourth-order valence-corrected chi connectivity index (χ4v) is 2.81. The maximum absolute atomic E-state index is 14.0. The zero-order valence-corrected chi connectivity index (χ0v) is 17.3. The normalized spacial score (nSPS) is 15.9. The Bertz CT molecular complexity index is 1060. The smallest absolute Gasteiger partial charge is 0.131 e. The lowest BCUT2D eigenvalue weighted by atomic mass is 9.86. The summed E-state index contributed by atoms with van der Waals surface area (Å²) in [6, 6.07) is 8.13. The van der Waals surface area contributed by atoms with Gasteiger partial charge < -0.3 is 16.0 Å². The van der Waals surface area contributed by atoms with E-state index in [1.807, 2.05) is 20.8 Å². The van der Waals surface area contributed by atoms with Crippen LogP contribution in [-0.4, -0.2) is 29.0 Å². The third-order valence-electron chi connectivity index (χ3n) is 4.54. The monoisotopic (exact) mass is 408 g/mol. The molecule has 1 aromatic heterocycles. The van der Waals surface area contributed by atoms with Gasteiger partial charge in [0.2, 0.25) is 0 Å². The molecule has 3 rings (SSSR count). The molecule has 2 aromatic rings. The van der Waals surface area contributed by atoms with Crippen molar-refractivity contribution in [1.29, 1.82) is 0 Å². The van der Waals surface area contributed by atoms with E-state index in [9.17, 15) is 4.39 Å². The lowest BCUT2D eigenvalue weighted by Gasteiger charge is -2.20. The van der Waals surface area contributed by atoms with Gasteiger partial charge in [-0.1, -0.05) is 44.1 Å². The Labute approximate surface area is 174 Å². The Morgan fingerprint density at radius 1 is 1.27 bits per heavy atom. The summed E-state index contributed by atoms with van der Waals surface area (Å²) in [5.74, 6) is 0.120. The fourth-order valence-electron chi connectivity index (χ4n) is 2.81. The molecule has 0 radical (unpaired) electrons. The average Bonchev–Trinajstić information content (AvgIpc) is 3.14. The molecule has 1 aromatic carbocycles. The van der Waals surface area contributed by atoms with Gasteiger partial charge in [0.1, 0.15) is 23.6 Å². The van der Waals surface area contributed by atoms with Gasteiger partial charge in [-0.15, -0.1) is 0 Å². The molecule has 0 saturated carbocycles. The molecule has 4 N–H and O–H groups in total. The van der Waals surface area contributed by atoms with Crippen LogP contribution < -0.4 is 11.5 Å². The first kappa shape index (κ1) is 21.2. The standard InChI is InChI=1S/C22H25FN6O/c1-22(2,3)15-12-27-20(13-28-21(15)25)17(24)10-19(18-8-9-30-29-18)26-11-14-6-4-5-7-16(14)23/h4-10,12H,11,13,24H2,1-3H3,(H2,25,28). The van der Waals surface area contributed by atoms with Gasteiger partial charge >= 0.3 is 0 Å². The molecule has 0 bridgehead atoms. The third-order valence-corrected chi connectivity index (χ3v) is 4.54. The van der Waals surface area contributed by atoms with Crippen LogP contribution in [0.15, 0.2) is 79.6 Å². The summed E-state index contributed by atoms with van der Waals surface area (Å²) in [6.07, 6.45) is 4.78. The minimum absolute atomic E-state index is 0.129. The van der Waals surface area contributed by atoms with Crippen LogP contribution in [0.4, 0.5) is 4.39 Å². The van der Waals surface area contributed by atoms with E-state index in [4.69, 9.17) is 16.0 Å². The van der Waals surface area contributed by atoms with Crippen molar-refractivity contribution in [3.05, 3.63) is 77.2 Å². The SMILES string of the molecule is CC(C)(C)C1=CN=C(C(N)=CC(=NCc2ccccc2F)c2ccon2)CN=C1N. The lowest BCUT2D eigenvalue weighted by Crippen LogP contribution is -2.25. The zero-order chi connectivity index (χ0) is 21.7. The number of nitrogens with two attached hydrogens (primary N) is 2. The number of nitrogens with zero attached hydrogens (tertiary/aromatic N) is 4. The molecule has 1 aliphatic rings. The number of aliphatic imine (C=N–C) groups is 3. The predicted molar refractivity (Wildman–Crippen MR) is 117 cm³/mol. The van der Waals surface area contributed by atoms with Crippen molar-refractivity contribution in [3.63, 3.8) is 0 Å². The van der Waals surface area contributed by atoms with Crippen LogP contribution in [0.25, 0.3) is 0 Å². The van der Waals surface area contributed by atoms with Crippen molar-refractivity contribution in [1.82, 2.24) is 5.16 Å². The van der Waals surface area contributed by atoms with Gasteiger partial charge in [0.15, 0.2) is 0 Å². The van der Waals surface area contributed by atoms with E-state index in [2.05, 4.69) is 20.1 Å². The highest BCUT2D eigenvalue weighted by Gasteiger charge is 2.22. The van der Waals surface area contributed by atoms with Crippen molar-refractivity contribution in [2.45, 2.75) is 27.3 Å². The van der Waals surface area contributed by atoms with Crippen molar-refractivity contribution < 1.29 is 8.91 Å². The summed E-state index contributed by atoms with van der Waals surface area (Å²) in [5.41, 5.74) is 15.4. The quantitative estimate of drug-likeness (QED) is 0.738. The number of halogens is 1. The number of hydrogen-bond donors (Lipinski definition) is 2. The maximum atomic E-state index is 14.0. The Kier molecular flexibility index (Phi) is 6.25. The average molecular weight is 408 g/mol. The van der Waals surface area contributed by atoms with Crippen LogP contribution in [0.3, 0.4) is 0 Å². The Morgan fingerprint density at radius 3 is 2.70 bits per heavy atom. The van der Waals surface area contributed by atoms with E-state index in [0.717, 1.165) is 5.57 Å². The van der Waals surface area contributed by atoms with Crippen LogP contribution >= 0.6 is 0 Å². The highest BCUT2D eigenvalue weighted by atomic mass is 19.1. The van der Waals surface area contributed by atoms with Crippen molar-refractivity contribution in [3.8, 4) is 0 Å². The second-order valence-corrected chi connectivity index (χ2v) is 7.85. The van der Waals surface area contributed by atoms with Gasteiger partial charge in [-0.3, -0.25) is 15.0 Å². The van der Waals surface area contributed by atoms with Gasteiger partial charge in [-0.05, 0) is 17.6 Å². The number of hydrogen-bond acceptors (Lipinski definition) is 7. The number of amidine groups is 1. The van der Waals surface area contributed by atoms with E-state index in [-0.39, 0.29) is 24.3 Å². The second-order valence-electron chi connectivity index (χ2n) is 7.85. The molecule has 0 aliphatic carbocycles. The molecule has 0 amide bonds. The summed E-state index contributed by atoms with van der Waals surface area (Å²) in [4.78, 5) is 13.4. The summed E-state index contributed by atoms with van der Waals surface area (Å²) in [6.45, 7) is 6.49. The molecule has 0 saturated heterocycles. The second kappa shape index (κ2) is 8.86. The molecule has 156 valence electrons. The van der Waals surface area contributed by atoms with Gasteiger partial charge in [-0.2, -0.15) is 0 Å². The molecule has 30 heavy (non-hydrogen) atoms. The molecular formula is C22H25FN6O. The summed E-state index contributed by atoms with van der Waals surface area (Å²) < 4.78 is 18.9. The maximum Gasteiger partial charge on any atom is 0.131 e. The van der Waals surface area contributed by atoms with Crippen molar-refractivity contribution in [2.24, 2.45) is 31.9 Å². The third kappa shape index (κ3) is 5.08. The van der Waals surface area contributed by atoms with Crippen LogP contribution in [0, 0.1) is 11.2 Å². The zero-order valence-electron chi connectivity index (χ0n) is 17.3. The molecule has 1 aliphatic heterocycles. The molecule has 8 heteroatoms. The van der Waals surface area contributed by atoms with Gasteiger partial charge in [0.25, 0.3) is 0 Å². The van der Waals surface area contributed by atoms with E-state index in [0.29, 0.717) is 34.2 Å². The minimum atomic E-state index is -0.324. The Balaban J connectivity index is 1.94. The summed E-state index contributed by atoms with van der Waals surface area (Å²) in [7, 11) is 0. The van der Waals surface area contributed by atoms with Crippen molar-refractivity contribution in [2.75, 3.05) is 6.54 Å². The highest BCUT2D eigenvalue weighted by molar-refractivity contribution is 6.14. The van der Waals surface area contributed by atoms with Crippen LogP contribution in [0.2, 0.25) is 0 Å². The minimum Gasteiger partial charge on any atom is -0.397 e. The molecule has 0 unspecified atom stereocenters. The number of benzene rings is 1. The number of allylic oxidation sites excluding steroid dienone is 1. The molecule has 0 spiro atoms. The lowest BCUT2D eigenvalue weighted by molar-refractivity contribution is 0.418. The van der Waals surface area contributed by atoms with E-state index in [1.54, 1.807) is 36.5 Å². The Morgan fingerprint density at radius 2 is 2.03 bits per heavy atom. The Hall–Kier alpha value is -3.55. The van der Waals surface area contributed by atoms with Crippen LogP contribution in [0.5, 0.6) is 0 Å². The first-order valence-electron chi connectivity index (χ1n) is 9.49. The molecule has 0 fully saturated rings. The highest BCUT2D eigenvalue weighted by Crippen LogP contribution is 2.26. The number of rotatable bonds is 5. The number of aromatic nitrogens is 1. The first-order chi connectivity index (χ1) is 14.3. The van der Waals surface area contributed by atoms with E-state index in [1.165, 1.54) is 12.3 Å². The first-order valence-corrected chi connectivity index (χ1v) is 9.49. The molecule has 7 nitrogen and oxygen atoms in total. The molecular weight excluding hydrogens is 383 g/mol. The van der Waals surface area contributed by atoms with Gasteiger partial charge in [0, 0.05) is 23.4 Å². The summed E-state index contributed by atoms with van der Waals surface area (Å²) in [5, 5.41) is 3.93. The topological polar surface area (TPSA) is 115 Å². The van der Waals surface area contributed by atoms with Gasteiger partial charge in [-0.25, -0.2) is 4.39 Å². The fraction of sp³-hybridized carbons (Fsp3) is 0.273. The van der Waals surface area contributed by atoms with Crippen LogP contribution in [0.1, 0.15) is 32.0 Å². The summed E-state index contributed by atoms with van der Waals surface area (Å²) >= 11 is 0. The van der Waals surface area contributed by atoms with E-state index < -0.39 is 0 Å². The predicted octanol–water partition coefficient (Wildman–Crippen LogP) is 3.39. The molecule has 2 heterocycles. The van der Waals surface area contributed by atoms with Crippen molar-refractivity contribution >= 4 is 17.3 Å². The molecule has 0 atom stereocenters. The van der Waals surface area contributed by atoms with Gasteiger partial charge in [0.05, 0.1) is 30.2 Å². The van der Waals surface area contributed by atoms with E-state index >= 15 is 0 Å². The van der Waals surface area contributed by atoms with Crippen LogP contribution in [-0.2, 0) is 6.54 Å². The largest absolute Gasteiger partial charge is 0.397 e.